The Morgan fingerprint density at radius 1 is 0.510 bits per heavy atom. The molecule has 0 saturated carbocycles. The van der Waals surface area contributed by atoms with E-state index in [1.54, 1.807) is 0 Å². The number of aryl methyl sites for hydroxylation is 2. The van der Waals surface area contributed by atoms with Crippen molar-refractivity contribution in [1.82, 2.24) is 0 Å². The van der Waals surface area contributed by atoms with Gasteiger partial charge in [-0.2, -0.15) is 0 Å². The number of hydrogen-bond acceptors (Lipinski definition) is 2. The van der Waals surface area contributed by atoms with Crippen molar-refractivity contribution in [3.63, 3.8) is 0 Å². The van der Waals surface area contributed by atoms with Gasteiger partial charge in [-0.15, -0.1) is 10.8 Å². The second-order valence-electron chi connectivity index (χ2n) is 15.4. The van der Waals surface area contributed by atoms with Gasteiger partial charge in [0.15, 0.2) is 0 Å². The van der Waals surface area contributed by atoms with Crippen LogP contribution in [-0.4, -0.2) is 0 Å². The van der Waals surface area contributed by atoms with Crippen LogP contribution in [0.1, 0.15) is 90.5 Å². The minimum atomic E-state index is -0.843. The topological polar surface area (TPSA) is 24.7 Å². The molecular formula is C46H60MoN2. The van der Waals surface area contributed by atoms with Crippen LogP contribution in [-0.2, 0) is 41.9 Å². The largest absolute Gasteiger partial charge is 0.333 e. The van der Waals surface area contributed by atoms with Gasteiger partial charge < -0.3 is 13.8 Å². The van der Waals surface area contributed by atoms with Crippen LogP contribution in [0.5, 0.6) is 0 Å². The van der Waals surface area contributed by atoms with Crippen molar-refractivity contribution in [3.05, 3.63) is 171 Å². The molecule has 0 aliphatic carbocycles. The van der Waals surface area contributed by atoms with Crippen LogP contribution in [0.15, 0.2) is 141 Å². The molecule has 0 spiro atoms. The van der Waals surface area contributed by atoms with Gasteiger partial charge in [0.05, 0.1) is 0 Å². The third-order valence-electron chi connectivity index (χ3n) is 8.55. The zero-order valence-corrected chi connectivity index (χ0v) is 33.5. The summed E-state index contributed by atoms with van der Waals surface area (Å²) >= 11 is -0.843. The van der Waals surface area contributed by atoms with Crippen molar-refractivity contribution >= 4 is 11.4 Å². The van der Waals surface area contributed by atoms with E-state index in [0.717, 1.165) is 37.1 Å². The molecule has 4 rings (SSSR count). The van der Waals surface area contributed by atoms with Crippen molar-refractivity contribution in [2.45, 2.75) is 91.9 Å². The van der Waals surface area contributed by atoms with Crippen LogP contribution in [0.3, 0.4) is 0 Å². The number of rotatable bonds is 12. The van der Waals surface area contributed by atoms with Gasteiger partial charge >= 0.3 is 186 Å². The Morgan fingerprint density at radius 3 is 1.10 bits per heavy atom. The summed E-state index contributed by atoms with van der Waals surface area (Å²) < 4.78 is 9.83. The molecule has 0 fully saturated rings. The molecule has 0 atom stereocenters. The van der Waals surface area contributed by atoms with E-state index in [-0.39, 0.29) is 21.7 Å². The maximum atomic E-state index is 4.92. The van der Waals surface area contributed by atoms with Gasteiger partial charge in [-0.3, -0.25) is 0 Å². The summed E-state index contributed by atoms with van der Waals surface area (Å²) in [5.74, 6) is 0. The van der Waals surface area contributed by atoms with Crippen LogP contribution in [0.2, 0.25) is 0 Å². The van der Waals surface area contributed by atoms with Crippen LogP contribution in [0, 0.1) is 24.7 Å². The van der Waals surface area contributed by atoms with Gasteiger partial charge in [-0.05, 0) is 0 Å². The third-order valence-corrected chi connectivity index (χ3v) is 9.92. The Bertz CT molecular complexity index is 1510. The van der Waals surface area contributed by atoms with E-state index in [1.807, 2.05) is 48.6 Å². The maximum Gasteiger partial charge on any atom is -0.0611 e. The molecule has 2 nitrogen and oxygen atoms in total. The summed E-state index contributed by atoms with van der Waals surface area (Å²) in [6.45, 7) is 33.4. The Kier molecular flexibility index (Phi) is 16.8. The van der Waals surface area contributed by atoms with Crippen LogP contribution in [0.4, 0.5) is 11.4 Å². The van der Waals surface area contributed by atoms with E-state index in [9.17, 15) is 0 Å². The Hall–Kier alpha value is -3.35. The third kappa shape index (κ3) is 16.3. The Morgan fingerprint density at radius 2 is 0.816 bits per heavy atom. The first kappa shape index (κ1) is 41.8. The van der Waals surface area contributed by atoms with Crippen molar-refractivity contribution in [2.75, 3.05) is 0 Å². The summed E-state index contributed by atoms with van der Waals surface area (Å²) in [6.07, 6.45) is 8.25. The van der Waals surface area contributed by atoms with Gasteiger partial charge in [0.1, 0.15) is 0 Å². The quantitative estimate of drug-likeness (QED) is 0.0786. The average Bonchev–Trinajstić information content (AvgIpc) is 3.08. The van der Waals surface area contributed by atoms with E-state index >= 15 is 0 Å². The summed E-state index contributed by atoms with van der Waals surface area (Å²) in [5.41, 5.74) is 7.77. The van der Waals surface area contributed by atoms with Crippen LogP contribution >= 0.6 is 0 Å². The first-order valence-electron chi connectivity index (χ1n) is 17.3. The van der Waals surface area contributed by atoms with Gasteiger partial charge in [0, 0.05) is 0 Å². The van der Waals surface area contributed by atoms with Crippen molar-refractivity contribution < 1.29 is 18.2 Å². The first-order valence-corrected chi connectivity index (χ1v) is 19.1. The van der Waals surface area contributed by atoms with Crippen molar-refractivity contribution in [2.24, 2.45) is 17.8 Å². The molecule has 4 aromatic carbocycles. The average molecular weight is 737 g/mol. The zero-order valence-electron chi connectivity index (χ0n) is 31.5. The van der Waals surface area contributed by atoms with E-state index in [1.165, 1.54) is 22.3 Å². The van der Waals surface area contributed by atoms with Gasteiger partial charge in [-0.25, -0.2) is 0 Å². The number of benzene rings is 4. The molecule has 0 saturated heterocycles. The van der Waals surface area contributed by atoms with Gasteiger partial charge in [-0.1, -0.05) is 99.5 Å². The molecule has 0 bridgehead atoms. The maximum absolute atomic E-state index is 4.92. The molecule has 0 heterocycles. The minimum Gasteiger partial charge on any atom is -0.333 e. The molecule has 4 aromatic rings. The molecule has 0 aromatic heterocycles. The molecule has 0 unspecified atom stereocenters. The molecular weight excluding hydrogens is 676 g/mol. The second-order valence-corrected chi connectivity index (χ2v) is 16.7. The Balaban J connectivity index is 0.000000335. The Labute approximate surface area is 308 Å². The first-order chi connectivity index (χ1) is 23.0. The molecule has 0 N–H and O–H groups in total. The van der Waals surface area contributed by atoms with E-state index in [2.05, 4.69) is 155 Å². The summed E-state index contributed by atoms with van der Waals surface area (Å²) in [4.78, 5) is 0. The fraction of sp³-hybridized carbons (Fsp3) is 0.348. The van der Waals surface area contributed by atoms with Crippen LogP contribution in [0.25, 0.3) is 0 Å². The van der Waals surface area contributed by atoms with E-state index in [4.69, 9.17) is 6.99 Å². The van der Waals surface area contributed by atoms with Crippen LogP contribution < -0.4 is 0 Å². The molecule has 0 aliphatic heterocycles. The fourth-order valence-corrected chi connectivity index (χ4v) is 6.04. The minimum absolute atomic E-state index is 0.0429. The molecule has 49 heavy (non-hydrogen) atoms. The SMILES string of the molecule is C=CC(C)(C)CCc1ccccc1[N]=[Mo+2]=[N]c1ccccc1CCC(C)(C)C=C.[CH2-]C(C)(C)c1ccccc1.[CH2-]C(C)(C)c1ccccc1. The van der Waals surface area contributed by atoms with E-state index < -0.39 is 18.2 Å². The predicted octanol–water partition coefficient (Wildman–Crippen LogP) is 14.0. The molecule has 0 aliphatic rings. The monoisotopic (exact) mass is 738 g/mol. The fourth-order valence-electron chi connectivity index (χ4n) is 4.63. The number of allylic oxidation sites excluding steroid dienone is 2. The summed E-state index contributed by atoms with van der Waals surface area (Å²) in [7, 11) is 0. The van der Waals surface area contributed by atoms with E-state index in [0.29, 0.717) is 0 Å². The number of hydrogen-bond donors (Lipinski definition) is 0. The standard InChI is InChI=1S/2C13H17N.2C10H13.Mo/c2*1-4-13(2,3)10-9-11-7-5-6-8-12(11)14;2*1-10(2,3)9-7-5-4-6-8-9;/h2*4-8H,1,9-10H2,2-3H3;2*4-8H,1H2,2-3H3;/q;;2*-1;+2. The van der Waals surface area contributed by atoms with Gasteiger partial charge in [0.2, 0.25) is 0 Å². The summed E-state index contributed by atoms with van der Waals surface area (Å²) in [6, 6.07) is 37.6. The molecule has 0 amide bonds. The molecule has 3 heteroatoms. The van der Waals surface area contributed by atoms with Crippen molar-refractivity contribution in [3.8, 4) is 0 Å². The smallest absolute Gasteiger partial charge is 0.0611 e. The number of nitrogens with zero attached hydrogens (tertiary/aromatic N) is 2. The normalized spacial score (nSPS) is 11.5. The zero-order chi connectivity index (χ0) is 36.6. The van der Waals surface area contributed by atoms with Crippen molar-refractivity contribution in [1.29, 1.82) is 0 Å². The molecule has 0 radical (unpaired) electrons. The summed E-state index contributed by atoms with van der Waals surface area (Å²) in [5, 5.41) is 0. The van der Waals surface area contributed by atoms with Gasteiger partial charge in [0.25, 0.3) is 0 Å². The predicted molar refractivity (Wildman–Crippen MR) is 211 cm³/mol. The second kappa shape index (κ2) is 19.7. The molecule has 260 valence electrons.